The van der Waals surface area contributed by atoms with Crippen LogP contribution in [0.4, 0.5) is 4.79 Å². The van der Waals surface area contributed by atoms with Gasteiger partial charge in [-0.2, -0.15) is 0 Å². The number of aromatic nitrogens is 1. The van der Waals surface area contributed by atoms with Gasteiger partial charge in [0.15, 0.2) is 0 Å². The monoisotopic (exact) mass is 697 g/mol. The molecule has 2 aromatic rings. The minimum absolute atomic E-state index is 0.0125. The molecule has 3 heterocycles. The maximum absolute atomic E-state index is 14.3. The number of allylic oxidation sites excluding steroid dienone is 1. The predicted octanol–water partition coefficient (Wildman–Crippen LogP) is 3.73. The number of nitrogens with one attached hydrogen (secondary N) is 3. The van der Waals surface area contributed by atoms with Crippen LogP contribution in [0.2, 0.25) is 0 Å². The van der Waals surface area contributed by atoms with Crippen LogP contribution in [0.25, 0.3) is 10.8 Å². The van der Waals surface area contributed by atoms with Crippen molar-refractivity contribution < 1.29 is 37.1 Å². The van der Waals surface area contributed by atoms with Crippen molar-refractivity contribution >= 4 is 44.6 Å². The van der Waals surface area contributed by atoms with E-state index in [1.54, 1.807) is 27.0 Å². The van der Waals surface area contributed by atoms with Crippen molar-refractivity contribution in [2.24, 2.45) is 5.92 Å². The lowest BCUT2D eigenvalue weighted by molar-refractivity contribution is -0.141. The summed E-state index contributed by atoms with van der Waals surface area (Å²) in [6.07, 6.45) is 7.51. The number of hydrogen-bond donors (Lipinski definition) is 3. The third-order valence-corrected chi connectivity index (χ3v) is 10.8. The van der Waals surface area contributed by atoms with E-state index in [9.17, 15) is 27.6 Å². The molecular weight excluding hydrogens is 650 g/mol. The maximum Gasteiger partial charge on any atom is 0.408 e. The van der Waals surface area contributed by atoms with E-state index in [0.717, 1.165) is 23.6 Å². The van der Waals surface area contributed by atoms with Gasteiger partial charge in [0.05, 0.1) is 11.8 Å². The minimum atomic E-state index is -3.98. The molecule has 1 aromatic heterocycles. The first-order valence-corrected chi connectivity index (χ1v) is 18.5. The summed E-state index contributed by atoms with van der Waals surface area (Å²) >= 11 is 0. The smallest absolute Gasteiger partial charge is 0.408 e. The van der Waals surface area contributed by atoms with Gasteiger partial charge in [-0.3, -0.25) is 19.1 Å². The number of fused-ring (bicyclic) bond motifs is 3. The molecule has 5 rings (SSSR count). The van der Waals surface area contributed by atoms with Crippen LogP contribution >= 0.6 is 0 Å². The molecule has 13 nitrogen and oxygen atoms in total. The minimum Gasteiger partial charge on any atom is -0.472 e. The second-order valence-electron chi connectivity index (χ2n) is 14.4. The van der Waals surface area contributed by atoms with E-state index in [2.05, 4.69) is 20.3 Å². The fraction of sp³-hybridized carbons (Fsp3) is 0.571. The van der Waals surface area contributed by atoms with Gasteiger partial charge in [-0.15, -0.1) is 0 Å². The standard InChI is InChI=1S/C35H47N5O8S/c1-22(2)49(45,46)39-32(43)35-20-24(35)14-9-7-6-8-10-16-27(37-33(44)48-34(3,4)5)31(42)40-21-25(19-28(40)29(41)38-35)47-30-26-15-12-11-13-23(26)17-18-36-30/h9,11-15,17-18,22,24-25,27-28H,6-8,10,16,19-21H2,1-5H3,(H,37,44)(H,38,41)(H,39,43)/b14-9-. The Morgan fingerprint density at radius 1 is 1.10 bits per heavy atom. The van der Waals surface area contributed by atoms with Gasteiger partial charge in [-0.25, -0.2) is 18.2 Å². The number of carbonyl (C=O) groups excluding carboxylic acids is 4. The Kier molecular flexibility index (Phi) is 10.6. The fourth-order valence-electron chi connectivity index (χ4n) is 6.30. The van der Waals surface area contributed by atoms with E-state index < -0.39 is 74.3 Å². The number of ether oxygens (including phenoxy) is 2. The summed E-state index contributed by atoms with van der Waals surface area (Å²) in [5.41, 5.74) is -2.30. The highest BCUT2D eigenvalue weighted by atomic mass is 32.2. The summed E-state index contributed by atoms with van der Waals surface area (Å²) in [4.78, 5) is 60.8. The van der Waals surface area contributed by atoms with Crippen LogP contribution in [0, 0.1) is 5.92 Å². The van der Waals surface area contributed by atoms with Crippen molar-refractivity contribution in [3.8, 4) is 5.88 Å². The molecule has 5 atom stereocenters. The Hall–Kier alpha value is -4.20. The van der Waals surface area contributed by atoms with Gasteiger partial charge in [0.2, 0.25) is 27.7 Å². The highest BCUT2D eigenvalue weighted by Crippen LogP contribution is 2.46. The van der Waals surface area contributed by atoms with Gasteiger partial charge in [0.25, 0.3) is 5.91 Å². The van der Waals surface area contributed by atoms with Crippen molar-refractivity contribution in [1.29, 1.82) is 0 Å². The van der Waals surface area contributed by atoms with Crippen LogP contribution in [0.5, 0.6) is 5.88 Å². The van der Waals surface area contributed by atoms with Crippen molar-refractivity contribution in [3.63, 3.8) is 0 Å². The van der Waals surface area contributed by atoms with E-state index in [1.165, 1.54) is 18.7 Å². The van der Waals surface area contributed by atoms with Crippen LogP contribution in [-0.4, -0.2) is 83.2 Å². The number of amides is 4. The van der Waals surface area contributed by atoms with Crippen LogP contribution < -0.4 is 20.1 Å². The molecule has 0 spiro atoms. The SMILES string of the molecule is CC(C)S(=O)(=O)NC(=O)C12CC1/C=C\CCCCCC(NC(=O)OC(C)(C)C)C(=O)N1CC(Oc3nccc4ccccc34)CC1C(=O)N2. The van der Waals surface area contributed by atoms with Crippen molar-refractivity contribution in [2.75, 3.05) is 6.54 Å². The molecule has 2 fully saturated rings. The number of pyridine rings is 1. The van der Waals surface area contributed by atoms with Gasteiger partial charge >= 0.3 is 6.09 Å². The number of nitrogens with zero attached hydrogens (tertiary/aromatic N) is 2. The number of hydrogen-bond acceptors (Lipinski definition) is 9. The van der Waals surface area contributed by atoms with Gasteiger partial charge in [0.1, 0.15) is 29.3 Å². The molecule has 0 radical (unpaired) electrons. The molecule has 1 saturated heterocycles. The number of sulfonamides is 1. The van der Waals surface area contributed by atoms with Crippen molar-refractivity contribution in [1.82, 2.24) is 25.2 Å². The summed E-state index contributed by atoms with van der Waals surface area (Å²) in [6, 6.07) is 7.35. The van der Waals surface area contributed by atoms with E-state index in [-0.39, 0.29) is 19.4 Å². The van der Waals surface area contributed by atoms with Gasteiger partial charge in [-0.05, 0) is 77.8 Å². The van der Waals surface area contributed by atoms with Crippen LogP contribution in [-0.2, 0) is 29.1 Å². The molecule has 1 aromatic carbocycles. The molecule has 4 amide bonds. The topological polar surface area (TPSA) is 173 Å². The zero-order valence-electron chi connectivity index (χ0n) is 28.7. The molecule has 3 aliphatic rings. The average molecular weight is 698 g/mol. The first-order chi connectivity index (χ1) is 23.1. The molecular formula is C35H47N5O8S. The van der Waals surface area contributed by atoms with Gasteiger partial charge in [-0.1, -0.05) is 43.2 Å². The van der Waals surface area contributed by atoms with E-state index in [4.69, 9.17) is 9.47 Å². The number of rotatable bonds is 6. The highest BCUT2D eigenvalue weighted by molar-refractivity contribution is 7.90. The highest BCUT2D eigenvalue weighted by Gasteiger charge is 2.61. The largest absolute Gasteiger partial charge is 0.472 e. The molecule has 2 aliphatic heterocycles. The molecule has 1 saturated carbocycles. The van der Waals surface area contributed by atoms with Crippen LogP contribution in [0.15, 0.2) is 48.7 Å². The summed E-state index contributed by atoms with van der Waals surface area (Å²) in [5.74, 6) is -2.00. The fourth-order valence-corrected chi connectivity index (χ4v) is 6.97. The molecule has 49 heavy (non-hydrogen) atoms. The van der Waals surface area contributed by atoms with Crippen LogP contribution in [0.1, 0.15) is 79.6 Å². The Labute approximate surface area is 287 Å². The second kappa shape index (κ2) is 14.3. The van der Waals surface area contributed by atoms with E-state index in [1.807, 2.05) is 42.5 Å². The third-order valence-electron chi connectivity index (χ3n) is 9.11. The lowest BCUT2D eigenvalue weighted by atomic mass is 10.0. The number of carbonyl (C=O) groups is 4. The first-order valence-electron chi connectivity index (χ1n) is 16.9. The summed E-state index contributed by atoms with van der Waals surface area (Å²) < 4.78 is 39.3. The third kappa shape index (κ3) is 8.52. The zero-order chi connectivity index (χ0) is 35.6. The molecule has 266 valence electrons. The Bertz CT molecular complexity index is 1720. The summed E-state index contributed by atoms with van der Waals surface area (Å²) in [6.45, 7) is 8.12. The molecule has 5 unspecified atom stereocenters. The van der Waals surface area contributed by atoms with E-state index in [0.29, 0.717) is 25.1 Å². The van der Waals surface area contributed by atoms with Crippen molar-refractivity contribution in [2.45, 2.75) is 114 Å². The predicted molar refractivity (Wildman–Crippen MR) is 183 cm³/mol. The van der Waals surface area contributed by atoms with Crippen LogP contribution in [0.3, 0.4) is 0 Å². The molecule has 1 aliphatic carbocycles. The van der Waals surface area contributed by atoms with Gasteiger partial charge < -0.3 is 25.0 Å². The lowest BCUT2D eigenvalue weighted by Gasteiger charge is -2.30. The average Bonchev–Trinajstić information content (AvgIpc) is 3.55. The Morgan fingerprint density at radius 2 is 1.86 bits per heavy atom. The second-order valence-corrected chi connectivity index (χ2v) is 16.6. The normalized spacial score (nSPS) is 27.2. The molecule has 0 bridgehead atoms. The quantitative estimate of drug-likeness (QED) is 0.380. The zero-order valence-corrected chi connectivity index (χ0v) is 29.5. The summed E-state index contributed by atoms with van der Waals surface area (Å²) in [5, 5.41) is 6.39. The Balaban J connectivity index is 1.47. The maximum atomic E-state index is 14.3. The lowest BCUT2D eigenvalue weighted by Crippen LogP contribution is -2.58. The van der Waals surface area contributed by atoms with Gasteiger partial charge in [0, 0.05) is 23.9 Å². The Morgan fingerprint density at radius 3 is 2.59 bits per heavy atom. The number of alkyl carbamates (subject to hydrolysis) is 1. The molecule has 14 heteroatoms. The van der Waals surface area contributed by atoms with E-state index >= 15 is 0 Å². The number of benzene rings is 1. The molecule has 3 N–H and O–H groups in total. The summed E-state index contributed by atoms with van der Waals surface area (Å²) in [7, 11) is -3.98. The van der Waals surface area contributed by atoms with Crippen molar-refractivity contribution in [3.05, 3.63) is 48.7 Å². The first kappa shape index (κ1) is 36.1.